The van der Waals surface area contributed by atoms with Gasteiger partial charge >= 0.3 is 0 Å². The van der Waals surface area contributed by atoms with Crippen LogP contribution < -0.4 is 0 Å². The van der Waals surface area contributed by atoms with E-state index in [9.17, 15) is 5.11 Å². The van der Waals surface area contributed by atoms with Gasteiger partial charge in [0.1, 0.15) is 5.60 Å². The molecule has 1 nitrogen and oxygen atoms in total. The average molecular weight is 178 g/mol. The Morgan fingerprint density at radius 1 is 1.38 bits per heavy atom. The summed E-state index contributed by atoms with van der Waals surface area (Å²) < 4.78 is 0. The van der Waals surface area contributed by atoms with Crippen molar-refractivity contribution in [1.82, 2.24) is 0 Å². The number of allylic oxidation sites excluding steroid dienone is 1. The Balaban J connectivity index is 2.47. The first-order chi connectivity index (χ1) is 6.12. The van der Waals surface area contributed by atoms with Gasteiger partial charge in [0, 0.05) is 6.42 Å². The van der Waals surface area contributed by atoms with Crippen molar-refractivity contribution >= 4 is 0 Å². The molecule has 0 aromatic carbocycles. The SMILES string of the molecule is C=C(C)CC#CC1(O)CCCCC1. The molecule has 0 radical (unpaired) electrons. The van der Waals surface area contributed by atoms with Gasteiger partial charge in [-0.3, -0.25) is 0 Å². The Labute approximate surface area is 80.9 Å². The molecule has 72 valence electrons. The maximum Gasteiger partial charge on any atom is 0.125 e. The summed E-state index contributed by atoms with van der Waals surface area (Å²) in [5.41, 5.74) is 0.375. The molecule has 1 aliphatic carbocycles. The van der Waals surface area contributed by atoms with E-state index in [0.29, 0.717) is 6.42 Å². The summed E-state index contributed by atoms with van der Waals surface area (Å²) in [5.74, 6) is 5.97. The average Bonchev–Trinajstić information content (AvgIpc) is 2.04. The van der Waals surface area contributed by atoms with Gasteiger partial charge in [-0.05, 0) is 32.6 Å². The summed E-state index contributed by atoms with van der Waals surface area (Å²) in [5, 5.41) is 9.98. The van der Waals surface area contributed by atoms with Crippen LogP contribution in [0.2, 0.25) is 0 Å². The maximum atomic E-state index is 9.98. The van der Waals surface area contributed by atoms with Gasteiger partial charge in [-0.25, -0.2) is 0 Å². The van der Waals surface area contributed by atoms with Crippen LogP contribution in [0.1, 0.15) is 45.4 Å². The fraction of sp³-hybridized carbons (Fsp3) is 0.667. The van der Waals surface area contributed by atoms with E-state index < -0.39 is 5.60 Å². The van der Waals surface area contributed by atoms with Crippen molar-refractivity contribution < 1.29 is 5.11 Å². The summed E-state index contributed by atoms with van der Waals surface area (Å²) in [4.78, 5) is 0. The molecule has 0 spiro atoms. The third-order valence-corrected chi connectivity index (χ3v) is 2.39. The van der Waals surface area contributed by atoms with Gasteiger partial charge in [0.2, 0.25) is 0 Å². The molecule has 0 saturated heterocycles. The van der Waals surface area contributed by atoms with Gasteiger partial charge < -0.3 is 5.11 Å². The molecule has 1 aliphatic rings. The van der Waals surface area contributed by atoms with Crippen LogP contribution >= 0.6 is 0 Å². The van der Waals surface area contributed by atoms with E-state index in [2.05, 4.69) is 18.4 Å². The van der Waals surface area contributed by atoms with Gasteiger partial charge in [-0.2, -0.15) is 0 Å². The van der Waals surface area contributed by atoms with Gasteiger partial charge in [-0.15, -0.1) is 0 Å². The minimum atomic E-state index is -0.687. The lowest BCUT2D eigenvalue weighted by molar-refractivity contribution is 0.0609. The fourth-order valence-electron chi connectivity index (χ4n) is 1.62. The zero-order valence-corrected chi connectivity index (χ0v) is 8.40. The van der Waals surface area contributed by atoms with E-state index in [4.69, 9.17) is 0 Å². The molecule has 1 saturated carbocycles. The molecule has 13 heavy (non-hydrogen) atoms. The van der Waals surface area contributed by atoms with Gasteiger partial charge in [0.25, 0.3) is 0 Å². The second kappa shape index (κ2) is 4.48. The zero-order chi connectivity index (χ0) is 9.73. The van der Waals surface area contributed by atoms with Crippen LogP contribution in [-0.2, 0) is 0 Å². The molecular formula is C12H18O. The second-order valence-corrected chi connectivity index (χ2v) is 4.03. The first kappa shape index (κ1) is 10.3. The van der Waals surface area contributed by atoms with E-state index in [1.165, 1.54) is 6.42 Å². The zero-order valence-electron chi connectivity index (χ0n) is 8.40. The molecule has 0 aromatic heterocycles. The first-order valence-electron chi connectivity index (χ1n) is 4.99. The lowest BCUT2D eigenvalue weighted by atomic mass is 9.85. The van der Waals surface area contributed by atoms with Crippen molar-refractivity contribution in [3.63, 3.8) is 0 Å². The molecule has 1 N–H and O–H groups in total. The molecule has 1 fully saturated rings. The molecule has 0 aliphatic heterocycles. The smallest absolute Gasteiger partial charge is 0.125 e. The summed E-state index contributed by atoms with van der Waals surface area (Å²) in [7, 11) is 0. The Bertz CT molecular complexity index is 236. The number of hydrogen-bond donors (Lipinski definition) is 1. The predicted molar refractivity (Wildman–Crippen MR) is 55.2 cm³/mol. The van der Waals surface area contributed by atoms with Gasteiger partial charge in [-0.1, -0.05) is 30.4 Å². The molecule has 1 rings (SSSR count). The highest BCUT2D eigenvalue weighted by atomic mass is 16.3. The van der Waals surface area contributed by atoms with Gasteiger partial charge in [0.15, 0.2) is 0 Å². The molecule has 0 aromatic rings. The summed E-state index contributed by atoms with van der Waals surface area (Å²) >= 11 is 0. The third-order valence-electron chi connectivity index (χ3n) is 2.39. The van der Waals surface area contributed by atoms with E-state index in [1.54, 1.807) is 0 Å². The van der Waals surface area contributed by atoms with Crippen molar-refractivity contribution in [3.05, 3.63) is 12.2 Å². The summed E-state index contributed by atoms with van der Waals surface area (Å²) in [6, 6.07) is 0. The van der Waals surface area contributed by atoms with Crippen LogP contribution in [0.3, 0.4) is 0 Å². The molecule has 0 heterocycles. The fourth-order valence-corrected chi connectivity index (χ4v) is 1.62. The topological polar surface area (TPSA) is 20.2 Å². The number of aliphatic hydroxyl groups is 1. The van der Waals surface area contributed by atoms with Crippen molar-refractivity contribution in [2.75, 3.05) is 0 Å². The Hall–Kier alpha value is -0.740. The molecular weight excluding hydrogens is 160 g/mol. The van der Waals surface area contributed by atoms with Crippen LogP contribution in [-0.4, -0.2) is 10.7 Å². The summed E-state index contributed by atoms with van der Waals surface area (Å²) in [6.45, 7) is 5.73. The van der Waals surface area contributed by atoms with Crippen molar-refractivity contribution in [3.8, 4) is 11.8 Å². The first-order valence-corrected chi connectivity index (χ1v) is 4.99. The largest absolute Gasteiger partial charge is 0.378 e. The van der Waals surface area contributed by atoms with Crippen LogP contribution in [0, 0.1) is 11.8 Å². The van der Waals surface area contributed by atoms with E-state index in [1.807, 2.05) is 6.92 Å². The third kappa shape index (κ3) is 3.65. The Morgan fingerprint density at radius 3 is 2.54 bits per heavy atom. The van der Waals surface area contributed by atoms with E-state index in [0.717, 1.165) is 31.3 Å². The van der Waals surface area contributed by atoms with E-state index in [-0.39, 0.29) is 0 Å². The highest BCUT2D eigenvalue weighted by Crippen LogP contribution is 2.27. The van der Waals surface area contributed by atoms with Crippen molar-refractivity contribution in [1.29, 1.82) is 0 Å². The molecule has 0 unspecified atom stereocenters. The normalized spacial score (nSPS) is 20.2. The predicted octanol–water partition coefficient (Wildman–Crippen LogP) is 2.65. The maximum absolute atomic E-state index is 9.98. The Kier molecular flexibility index (Phi) is 3.57. The van der Waals surface area contributed by atoms with Crippen molar-refractivity contribution in [2.45, 2.75) is 51.0 Å². The lowest BCUT2D eigenvalue weighted by Crippen LogP contribution is -2.29. The van der Waals surface area contributed by atoms with Gasteiger partial charge in [0.05, 0.1) is 0 Å². The van der Waals surface area contributed by atoms with E-state index >= 15 is 0 Å². The second-order valence-electron chi connectivity index (χ2n) is 4.03. The van der Waals surface area contributed by atoms with Crippen LogP contribution in [0.25, 0.3) is 0 Å². The molecule has 0 amide bonds. The molecule has 0 bridgehead atoms. The van der Waals surface area contributed by atoms with Crippen LogP contribution in [0.4, 0.5) is 0 Å². The summed E-state index contributed by atoms with van der Waals surface area (Å²) in [6.07, 6.45) is 5.86. The quantitative estimate of drug-likeness (QED) is 0.483. The number of rotatable bonds is 1. The molecule has 1 heteroatoms. The monoisotopic (exact) mass is 178 g/mol. The highest BCUT2D eigenvalue weighted by Gasteiger charge is 2.26. The number of hydrogen-bond acceptors (Lipinski definition) is 1. The lowest BCUT2D eigenvalue weighted by Gasteiger charge is -2.26. The standard InChI is InChI=1S/C12H18O/c1-11(2)7-6-10-12(13)8-4-3-5-9-12/h13H,1,3-5,7-9H2,2H3. The van der Waals surface area contributed by atoms with Crippen LogP contribution in [0.5, 0.6) is 0 Å². The minimum Gasteiger partial charge on any atom is -0.378 e. The molecule has 0 atom stereocenters. The van der Waals surface area contributed by atoms with Crippen molar-refractivity contribution in [2.24, 2.45) is 0 Å². The minimum absolute atomic E-state index is 0.687. The van der Waals surface area contributed by atoms with Crippen LogP contribution in [0.15, 0.2) is 12.2 Å². The Morgan fingerprint density at radius 2 is 2.00 bits per heavy atom. The highest BCUT2D eigenvalue weighted by molar-refractivity contribution is 5.17.